The van der Waals surface area contributed by atoms with Gasteiger partial charge in [-0.15, -0.1) is 0 Å². The largest absolute Gasteiger partial charge is 0.384 e. The summed E-state index contributed by atoms with van der Waals surface area (Å²) < 4.78 is 5.17. The Balaban J connectivity index is 2.27. The van der Waals surface area contributed by atoms with Crippen molar-refractivity contribution in [3.63, 3.8) is 0 Å². The van der Waals surface area contributed by atoms with Gasteiger partial charge in [0.25, 0.3) is 0 Å². The first kappa shape index (κ1) is 12.2. The van der Waals surface area contributed by atoms with Crippen LogP contribution in [-0.4, -0.2) is 20.3 Å². The average molecular weight is 207 g/mol. The van der Waals surface area contributed by atoms with Crippen molar-refractivity contribution in [2.45, 2.75) is 20.4 Å². The van der Waals surface area contributed by atoms with Crippen LogP contribution < -0.4 is 5.32 Å². The van der Waals surface area contributed by atoms with E-state index in [2.05, 4.69) is 43.4 Å². The maximum absolute atomic E-state index is 5.17. The minimum Gasteiger partial charge on any atom is -0.384 e. The first-order chi connectivity index (χ1) is 7.14. The van der Waals surface area contributed by atoms with Crippen LogP contribution in [0.1, 0.15) is 19.4 Å². The highest BCUT2D eigenvalue weighted by Crippen LogP contribution is 2.13. The maximum atomic E-state index is 5.17. The Morgan fingerprint density at radius 2 is 1.87 bits per heavy atom. The van der Waals surface area contributed by atoms with Crippen molar-refractivity contribution >= 4 is 0 Å². The third-order valence-electron chi connectivity index (χ3n) is 2.31. The van der Waals surface area contributed by atoms with Gasteiger partial charge in [0.05, 0.1) is 6.61 Å². The zero-order valence-electron chi connectivity index (χ0n) is 9.92. The SMILES string of the molecule is COCC(C)(C)CNCc1ccccc1. The molecule has 0 bridgehead atoms. The Labute approximate surface area is 92.6 Å². The predicted octanol–water partition coefficient (Wildman–Crippen LogP) is 2.45. The normalized spacial score (nSPS) is 11.7. The van der Waals surface area contributed by atoms with E-state index in [1.54, 1.807) is 7.11 Å². The standard InChI is InChI=1S/C13H21NO/c1-13(2,11-15-3)10-14-9-12-7-5-4-6-8-12/h4-8,14H,9-11H2,1-3H3. The van der Waals surface area contributed by atoms with Gasteiger partial charge in [0.15, 0.2) is 0 Å². The summed E-state index contributed by atoms with van der Waals surface area (Å²) >= 11 is 0. The Kier molecular flexibility index (Phi) is 4.79. The second-order valence-electron chi connectivity index (χ2n) is 4.69. The molecule has 0 aliphatic rings. The van der Waals surface area contributed by atoms with E-state index in [4.69, 9.17) is 4.74 Å². The second kappa shape index (κ2) is 5.89. The summed E-state index contributed by atoms with van der Waals surface area (Å²) in [6.07, 6.45) is 0. The summed E-state index contributed by atoms with van der Waals surface area (Å²) in [5.41, 5.74) is 1.52. The van der Waals surface area contributed by atoms with Crippen LogP contribution in [0.2, 0.25) is 0 Å². The highest BCUT2D eigenvalue weighted by Gasteiger charge is 2.16. The monoisotopic (exact) mass is 207 g/mol. The molecule has 0 saturated carbocycles. The smallest absolute Gasteiger partial charge is 0.0525 e. The van der Waals surface area contributed by atoms with Crippen molar-refractivity contribution < 1.29 is 4.74 Å². The number of hydrogen-bond donors (Lipinski definition) is 1. The Hall–Kier alpha value is -0.860. The van der Waals surface area contributed by atoms with Crippen LogP contribution in [-0.2, 0) is 11.3 Å². The molecule has 1 aromatic rings. The molecule has 2 heteroatoms. The van der Waals surface area contributed by atoms with Crippen molar-refractivity contribution in [1.29, 1.82) is 0 Å². The first-order valence-corrected chi connectivity index (χ1v) is 5.38. The minimum atomic E-state index is 0.198. The summed E-state index contributed by atoms with van der Waals surface area (Å²) in [6.45, 7) is 7.08. The Bertz CT molecular complexity index is 269. The van der Waals surface area contributed by atoms with E-state index in [-0.39, 0.29) is 5.41 Å². The number of methoxy groups -OCH3 is 1. The highest BCUT2D eigenvalue weighted by atomic mass is 16.5. The van der Waals surface area contributed by atoms with Crippen LogP contribution in [0.3, 0.4) is 0 Å². The van der Waals surface area contributed by atoms with Crippen LogP contribution in [0.25, 0.3) is 0 Å². The number of nitrogens with one attached hydrogen (secondary N) is 1. The Morgan fingerprint density at radius 3 is 2.47 bits per heavy atom. The van der Waals surface area contributed by atoms with Crippen LogP contribution in [0.5, 0.6) is 0 Å². The number of rotatable bonds is 6. The molecule has 0 amide bonds. The lowest BCUT2D eigenvalue weighted by Crippen LogP contribution is -2.32. The molecule has 1 N–H and O–H groups in total. The van der Waals surface area contributed by atoms with Gasteiger partial charge < -0.3 is 10.1 Å². The lowest BCUT2D eigenvalue weighted by molar-refractivity contribution is 0.103. The van der Waals surface area contributed by atoms with E-state index in [0.717, 1.165) is 19.7 Å². The fourth-order valence-electron chi connectivity index (χ4n) is 1.58. The molecule has 0 saturated heterocycles. The molecule has 2 nitrogen and oxygen atoms in total. The van der Waals surface area contributed by atoms with E-state index in [1.807, 2.05) is 6.07 Å². The number of ether oxygens (including phenoxy) is 1. The van der Waals surface area contributed by atoms with Crippen molar-refractivity contribution in [3.05, 3.63) is 35.9 Å². The molecule has 0 aliphatic carbocycles. The molecule has 0 fully saturated rings. The molecule has 0 spiro atoms. The predicted molar refractivity (Wildman–Crippen MR) is 63.8 cm³/mol. The topological polar surface area (TPSA) is 21.3 Å². The molecule has 1 aromatic carbocycles. The molecule has 1 rings (SSSR count). The van der Waals surface area contributed by atoms with E-state index < -0.39 is 0 Å². The molecular formula is C13H21NO. The molecular weight excluding hydrogens is 186 g/mol. The maximum Gasteiger partial charge on any atom is 0.0525 e. The van der Waals surface area contributed by atoms with Gasteiger partial charge in [0, 0.05) is 25.6 Å². The quantitative estimate of drug-likeness (QED) is 0.773. The lowest BCUT2D eigenvalue weighted by Gasteiger charge is -2.23. The van der Waals surface area contributed by atoms with E-state index in [0.29, 0.717) is 0 Å². The summed E-state index contributed by atoms with van der Waals surface area (Å²) in [6, 6.07) is 10.4. The summed E-state index contributed by atoms with van der Waals surface area (Å²) in [4.78, 5) is 0. The van der Waals surface area contributed by atoms with Gasteiger partial charge in [0.1, 0.15) is 0 Å². The van der Waals surface area contributed by atoms with Gasteiger partial charge in [-0.05, 0) is 5.56 Å². The highest BCUT2D eigenvalue weighted by molar-refractivity contribution is 5.14. The van der Waals surface area contributed by atoms with E-state index >= 15 is 0 Å². The zero-order chi connectivity index (χ0) is 11.1. The zero-order valence-corrected chi connectivity index (χ0v) is 9.92. The Morgan fingerprint density at radius 1 is 1.20 bits per heavy atom. The molecule has 15 heavy (non-hydrogen) atoms. The fourth-order valence-corrected chi connectivity index (χ4v) is 1.58. The van der Waals surface area contributed by atoms with Crippen molar-refractivity contribution in [2.24, 2.45) is 5.41 Å². The third-order valence-corrected chi connectivity index (χ3v) is 2.31. The summed E-state index contributed by atoms with van der Waals surface area (Å²) in [7, 11) is 1.75. The van der Waals surface area contributed by atoms with Crippen molar-refractivity contribution in [2.75, 3.05) is 20.3 Å². The van der Waals surface area contributed by atoms with Crippen molar-refractivity contribution in [1.82, 2.24) is 5.32 Å². The molecule has 0 aliphatic heterocycles. The van der Waals surface area contributed by atoms with Gasteiger partial charge in [-0.2, -0.15) is 0 Å². The molecule has 0 radical (unpaired) electrons. The number of hydrogen-bond acceptors (Lipinski definition) is 2. The van der Waals surface area contributed by atoms with Crippen LogP contribution in [0.4, 0.5) is 0 Å². The van der Waals surface area contributed by atoms with E-state index in [1.165, 1.54) is 5.56 Å². The summed E-state index contributed by atoms with van der Waals surface area (Å²) in [5.74, 6) is 0. The average Bonchev–Trinajstić information content (AvgIpc) is 2.19. The fraction of sp³-hybridized carbons (Fsp3) is 0.538. The van der Waals surface area contributed by atoms with Gasteiger partial charge in [-0.1, -0.05) is 44.2 Å². The molecule has 0 heterocycles. The van der Waals surface area contributed by atoms with Crippen molar-refractivity contribution in [3.8, 4) is 0 Å². The van der Waals surface area contributed by atoms with Gasteiger partial charge in [-0.3, -0.25) is 0 Å². The molecule has 0 atom stereocenters. The first-order valence-electron chi connectivity index (χ1n) is 5.38. The third kappa shape index (κ3) is 4.96. The molecule has 0 unspecified atom stereocenters. The summed E-state index contributed by atoms with van der Waals surface area (Å²) in [5, 5.41) is 3.45. The van der Waals surface area contributed by atoms with E-state index in [9.17, 15) is 0 Å². The van der Waals surface area contributed by atoms with Crippen LogP contribution in [0.15, 0.2) is 30.3 Å². The van der Waals surface area contributed by atoms with Crippen LogP contribution >= 0.6 is 0 Å². The van der Waals surface area contributed by atoms with Gasteiger partial charge in [0.2, 0.25) is 0 Å². The lowest BCUT2D eigenvalue weighted by atomic mass is 9.95. The molecule has 84 valence electrons. The van der Waals surface area contributed by atoms with Gasteiger partial charge in [-0.25, -0.2) is 0 Å². The molecule has 0 aromatic heterocycles. The number of benzene rings is 1. The minimum absolute atomic E-state index is 0.198. The second-order valence-corrected chi connectivity index (χ2v) is 4.69. The van der Waals surface area contributed by atoms with Gasteiger partial charge >= 0.3 is 0 Å². The van der Waals surface area contributed by atoms with Crippen LogP contribution in [0, 0.1) is 5.41 Å².